The van der Waals surface area contributed by atoms with Crippen LogP contribution in [0, 0.1) is 22.7 Å². The van der Waals surface area contributed by atoms with E-state index in [-0.39, 0.29) is 10.8 Å². The van der Waals surface area contributed by atoms with Crippen LogP contribution in [0.1, 0.15) is 41.5 Å². The lowest BCUT2D eigenvalue weighted by atomic mass is 9.70. The van der Waals surface area contributed by atoms with Crippen LogP contribution < -0.4 is 0 Å². The van der Waals surface area contributed by atoms with Crippen molar-refractivity contribution < 1.29 is 9.59 Å². The van der Waals surface area contributed by atoms with Crippen LogP contribution in [0.5, 0.6) is 0 Å². The van der Waals surface area contributed by atoms with E-state index in [1.165, 1.54) is 0 Å². The molecule has 0 amide bonds. The summed E-state index contributed by atoms with van der Waals surface area (Å²) >= 11 is 0. The normalized spacial score (nSPS) is 11.1. The molecule has 0 spiro atoms. The Bertz CT molecular complexity index is 346. The summed E-state index contributed by atoms with van der Waals surface area (Å²) in [5.74, 6) is 4.93. The molecule has 0 saturated heterocycles. The second-order valence-corrected chi connectivity index (χ2v) is 5.79. The molecule has 0 aliphatic rings. The van der Waals surface area contributed by atoms with Crippen LogP contribution in [0.4, 0.5) is 0 Å². The molecule has 2 heteroatoms. The minimum atomic E-state index is -0.147. The molecule has 0 heterocycles. The minimum Gasteiger partial charge on any atom is -0.297 e. The van der Waals surface area contributed by atoms with Crippen molar-refractivity contribution in [2.75, 3.05) is 0 Å². The van der Waals surface area contributed by atoms with Gasteiger partial charge in [-0.15, -0.1) is 0 Å². The highest BCUT2D eigenvalue weighted by molar-refractivity contribution is 5.85. The Morgan fingerprint density at radius 1 is 0.938 bits per heavy atom. The first-order valence-electron chi connectivity index (χ1n) is 5.30. The average molecular weight is 220 g/mol. The van der Waals surface area contributed by atoms with Gasteiger partial charge in [0.25, 0.3) is 0 Å². The standard InChI is InChI=1S/C14H20O2/c1-13(2,3)12(14(4,5)6)11(10-16)8-7-9-15/h9-10H,1-6H3. The summed E-state index contributed by atoms with van der Waals surface area (Å²) in [7, 11) is 0. The molecule has 0 saturated carbocycles. The predicted molar refractivity (Wildman–Crippen MR) is 65.8 cm³/mol. The molecular weight excluding hydrogens is 200 g/mol. The van der Waals surface area contributed by atoms with Crippen LogP contribution in [0.15, 0.2) is 11.1 Å². The fourth-order valence-electron chi connectivity index (χ4n) is 2.19. The fraction of sp³-hybridized carbons (Fsp3) is 0.571. The van der Waals surface area contributed by atoms with Gasteiger partial charge in [0.1, 0.15) is 0 Å². The van der Waals surface area contributed by atoms with E-state index in [4.69, 9.17) is 0 Å². The second-order valence-electron chi connectivity index (χ2n) is 5.79. The molecular formula is C14H20O2. The Labute approximate surface area is 98.1 Å². The zero-order chi connectivity index (χ0) is 13.0. The highest BCUT2D eigenvalue weighted by Crippen LogP contribution is 2.40. The largest absolute Gasteiger partial charge is 0.297 e. The summed E-state index contributed by atoms with van der Waals surface area (Å²) in [5, 5.41) is 0. The van der Waals surface area contributed by atoms with E-state index in [0.29, 0.717) is 11.9 Å². The molecule has 0 aliphatic heterocycles. The number of aldehydes is 2. The first kappa shape index (κ1) is 14.6. The quantitative estimate of drug-likeness (QED) is 0.387. The Morgan fingerprint density at radius 3 is 1.62 bits per heavy atom. The van der Waals surface area contributed by atoms with Crippen LogP contribution in [0.25, 0.3) is 0 Å². The fourth-order valence-corrected chi connectivity index (χ4v) is 2.19. The summed E-state index contributed by atoms with van der Waals surface area (Å²) in [4.78, 5) is 21.3. The predicted octanol–water partition coefficient (Wildman–Crippen LogP) is 2.78. The molecule has 0 atom stereocenters. The van der Waals surface area contributed by atoms with Gasteiger partial charge in [-0.25, -0.2) is 0 Å². The number of carbonyl (C=O) groups is 2. The summed E-state index contributed by atoms with van der Waals surface area (Å²) in [5.41, 5.74) is 1.11. The zero-order valence-corrected chi connectivity index (χ0v) is 11.0. The van der Waals surface area contributed by atoms with Crippen molar-refractivity contribution in [1.82, 2.24) is 0 Å². The van der Waals surface area contributed by atoms with Gasteiger partial charge in [0.15, 0.2) is 12.6 Å². The maximum Gasteiger partial charge on any atom is 0.193 e. The Morgan fingerprint density at radius 2 is 1.38 bits per heavy atom. The monoisotopic (exact) mass is 220 g/mol. The Balaban J connectivity index is 5.89. The van der Waals surface area contributed by atoms with Crippen molar-refractivity contribution in [3.8, 4) is 11.8 Å². The third kappa shape index (κ3) is 4.02. The molecule has 88 valence electrons. The summed E-state index contributed by atoms with van der Waals surface area (Å²) in [6.45, 7) is 12.2. The van der Waals surface area contributed by atoms with Gasteiger partial charge >= 0.3 is 0 Å². The van der Waals surface area contributed by atoms with Gasteiger partial charge in [0, 0.05) is 0 Å². The maximum atomic E-state index is 11.1. The van der Waals surface area contributed by atoms with Crippen molar-refractivity contribution in [3.05, 3.63) is 11.1 Å². The van der Waals surface area contributed by atoms with Crippen LogP contribution in [0.2, 0.25) is 0 Å². The molecule has 0 unspecified atom stereocenters. The Hall–Kier alpha value is -1.36. The van der Waals surface area contributed by atoms with E-state index < -0.39 is 0 Å². The molecule has 0 aromatic carbocycles. The van der Waals surface area contributed by atoms with E-state index in [1.807, 2.05) is 41.5 Å². The third-order valence-electron chi connectivity index (χ3n) is 2.15. The van der Waals surface area contributed by atoms with E-state index in [0.717, 1.165) is 11.9 Å². The average Bonchev–Trinajstić information content (AvgIpc) is 2.07. The lowest BCUT2D eigenvalue weighted by Gasteiger charge is -2.34. The number of hydrogen-bond acceptors (Lipinski definition) is 2. The van der Waals surface area contributed by atoms with Crippen molar-refractivity contribution in [3.63, 3.8) is 0 Å². The zero-order valence-electron chi connectivity index (χ0n) is 11.0. The van der Waals surface area contributed by atoms with Crippen LogP contribution >= 0.6 is 0 Å². The van der Waals surface area contributed by atoms with Gasteiger partial charge in [0.2, 0.25) is 0 Å². The molecule has 0 aromatic heterocycles. The highest BCUT2D eigenvalue weighted by atomic mass is 16.1. The van der Waals surface area contributed by atoms with Crippen LogP contribution in [-0.4, -0.2) is 12.6 Å². The van der Waals surface area contributed by atoms with Crippen molar-refractivity contribution in [1.29, 1.82) is 0 Å². The van der Waals surface area contributed by atoms with E-state index in [2.05, 4.69) is 11.8 Å². The first-order chi connectivity index (χ1) is 7.14. The molecule has 0 N–H and O–H groups in total. The number of hydrogen-bond donors (Lipinski definition) is 0. The second kappa shape index (κ2) is 5.12. The molecule has 2 nitrogen and oxygen atoms in total. The summed E-state index contributed by atoms with van der Waals surface area (Å²) < 4.78 is 0. The van der Waals surface area contributed by atoms with Gasteiger partial charge < -0.3 is 0 Å². The lowest BCUT2D eigenvalue weighted by molar-refractivity contribution is -0.104. The van der Waals surface area contributed by atoms with Crippen molar-refractivity contribution >= 4 is 12.6 Å². The van der Waals surface area contributed by atoms with Gasteiger partial charge in [-0.1, -0.05) is 47.5 Å². The molecule has 0 aromatic rings. The molecule has 16 heavy (non-hydrogen) atoms. The highest BCUT2D eigenvalue weighted by Gasteiger charge is 2.30. The Kier molecular flexibility index (Phi) is 4.68. The number of allylic oxidation sites excluding steroid dienone is 2. The lowest BCUT2D eigenvalue weighted by Crippen LogP contribution is -2.24. The number of rotatable bonds is 1. The van der Waals surface area contributed by atoms with E-state index in [1.54, 1.807) is 0 Å². The van der Waals surface area contributed by atoms with E-state index >= 15 is 0 Å². The molecule has 0 bridgehead atoms. The maximum absolute atomic E-state index is 11.1. The van der Waals surface area contributed by atoms with Crippen LogP contribution in [-0.2, 0) is 9.59 Å². The summed E-state index contributed by atoms with van der Waals surface area (Å²) in [6, 6.07) is 0. The van der Waals surface area contributed by atoms with Crippen molar-refractivity contribution in [2.24, 2.45) is 10.8 Å². The van der Waals surface area contributed by atoms with Crippen molar-refractivity contribution in [2.45, 2.75) is 41.5 Å². The molecule has 0 fully saturated rings. The van der Waals surface area contributed by atoms with Gasteiger partial charge in [-0.05, 0) is 22.3 Å². The molecule has 0 aliphatic carbocycles. The molecule has 0 radical (unpaired) electrons. The third-order valence-corrected chi connectivity index (χ3v) is 2.15. The first-order valence-corrected chi connectivity index (χ1v) is 5.30. The van der Waals surface area contributed by atoms with Crippen LogP contribution in [0.3, 0.4) is 0 Å². The summed E-state index contributed by atoms with van der Waals surface area (Å²) in [6.07, 6.45) is 1.24. The van der Waals surface area contributed by atoms with E-state index in [9.17, 15) is 9.59 Å². The molecule has 0 rings (SSSR count). The number of carbonyl (C=O) groups excluding carboxylic acids is 2. The SMILES string of the molecule is CC(C)(C)C(=C(C#CC=O)C=O)C(C)(C)C. The van der Waals surface area contributed by atoms with Gasteiger partial charge in [-0.3, -0.25) is 9.59 Å². The smallest absolute Gasteiger partial charge is 0.193 e. The minimum absolute atomic E-state index is 0.147. The topological polar surface area (TPSA) is 34.1 Å². The van der Waals surface area contributed by atoms with Gasteiger partial charge in [0.05, 0.1) is 5.57 Å². The van der Waals surface area contributed by atoms with Gasteiger partial charge in [-0.2, -0.15) is 0 Å².